The number of hydrogen-bond donors (Lipinski definition) is 0. The first-order valence-electron chi connectivity index (χ1n) is 9.24. The van der Waals surface area contributed by atoms with Crippen LogP contribution in [0.15, 0.2) is 27.6 Å². The largest absolute Gasteiger partial charge is 0.455 e. The third kappa shape index (κ3) is 5.28. The highest BCUT2D eigenvalue weighted by Crippen LogP contribution is 2.30. The lowest BCUT2D eigenvalue weighted by Crippen LogP contribution is -2.40. The summed E-state index contributed by atoms with van der Waals surface area (Å²) in [6.45, 7) is 2.29. The highest BCUT2D eigenvalue weighted by atomic mass is 35.5. The summed E-state index contributed by atoms with van der Waals surface area (Å²) in [6, 6.07) is 4.31. The van der Waals surface area contributed by atoms with Gasteiger partial charge in [0.2, 0.25) is 10.0 Å². The molecular formula is C18H21Cl2N3O5S. The van der Waals surface area contributed by atoms with E-state index in [0.29, 0.717) is 25.1 Å². The van der Waals surface area contributed by atoms with E-state index in [1.807, 2.05) is 6.92 Å². The number of benzene rings is 1. The van der Waals surface area contributed by atoms with Crippen molar-refractivity contribution in [1.29, 1.82) is 0 Å². The summed E-state index contributed by atoms with van der Waals surface area (Å²) in [5, 5.41) is 4.20. The van der Waals surface area contributed by atoms with Crippen LogP contribution in [0.4, 0.5) is 0 Å². The molecule has 2 aromatic rings. The Morgan fingerprint density at radius 3 is 2.72 bits per heavy atom. The smallest absolute Gasteiger partial charge is 0.309 e. The standard InChI is InChI=1S/C18H21Cl2N3O5S/c1-2-3-16-21-17(28-22-16)11-27-18(24)12-6-8-23(9-7-12)29(25,26)15-10-13(19)4-5-14(15)20/h4-5,10,12H,2-3,6-9,11H2,1H3. The number of carbonyl (C=O) groups excluding carboxylic acids is 1. The van der Waals surface area contributed by atoms with Crippen molar-refractivity contribution in [2.75, 3.05) is 13.1 Å². The van der Waals surface area contributed by atoms with Crippen LogP contribution < -0.4 is 0 Å². The number of piperidine rings is 1. The van der Waals surface area contributed by atoms with Crippen molar-refractivity contribution in [3.05, 3.63) is 40.0 Å². The second-order valence-corrected chi connectivity index (χ2v) is 9.47. The van der Waals surface area contributed by atoms with Gasteiger partial charge < -0.3 is 9.26 Å². The number of carbonyl (C=O) groups is 1. The van der Waals surface area contributed by atoms with Gasteiger partial charge in [-0.05, 0) is 37.5 Å². The van der Waals surface area contributed by atoms with Crippen molar-refractivity contribution in [3.63, 3.8) is 0 Å². The molecule has 0 amide bonds. The molecule has 29 heavy (non-hydrogen) atoms. The zero-order valence-corrected chi connectivity index (χ0v) is 18.1. The quantitative estimate of drug-likeness (QED) is 0.581. The Hall–Kier alpha value is -1.68. The number of sulfonamides is 1. The summed E-state index contributed by atoms with van der Waals surface area (Å²) in [7, 11) is -3.79. The van der Waals surface area contributed by atoms with Crippen molar-refractivity contribution in [3.8, 4) is 0 Å². The van der Waals surface area contributed by atoms with Crippen molar-refractivity contribution in [2.24, 2.45) is 5.92 Å². The Morgan fingerprint density at radius 2 is 2.03 bits per heavy atom. The minimum atomic E-state index is -3.79. The average molecular weight is 462 g/mol. The Kier molecular flexibility index (Phi) is 7.15. The molecule has 0 saturated carbocycles. The van der Waals surface area contributed by atoms with Gasteiger partial charge in [0.05, 0.1) is 10.9 Å². The molecule has 1 aliphatic heterocycles. The monoisotopic (exact) mass is 461 g/mol. The van der Waals surface area contributed by atoms with Crippen molar-refractivity contribution in [2.45, 2.75) is 44.1 Å². The first kappa shape index (κ1) is 22.0. The number of rotatable bonds is 7. The zero-order valence-electron chi connectivity index (χ0n) is 15.8. The second-order valence-electron chi connectivity index (χ2n) is 6.72. The van der Waals surface area contributed by atoms with Gasteiger partial charge >= 0.3 is 5.97 Å². The maximum Gasteiger partial charge on any atom is 0.309 e. The van der Waals surface area contributed by atoms with Crippen LogP contribution >= 0.6 is 23.2 Å². The van der Waals surface area contributed by atoms with E-state index >= 15 is 0 Å². The fraction of sp³-hybridized carbons (Fsp3) is 0.500. The first-order chi connectivity index (χ1) is 13.8. The number of nitrogens with zero attached hydrogens (tertiary/aromatic N) is 3. The van der Waals surface area contributed by atoms with E-state index < -0.39 is 21.9 Å². The topological polar surface area (TPSA) is 103 Å². The molecule has 1 aromatic heterocycles. The number of aryl methyl sites for hydroxylation is 1. The lowest BCUT2D eigenvalue weighted by molar-refractivity contribution is -0.152. The number of hydrogen-bond acceptors (Lipinski definition) is 7. The molecule has 2 heterocycles. The molecule has 0 aliphatic carbocycles. The molecule has 1 aliphatic rings. The van der Waals surface area contributed by atoms with E-state index in [2.05, 4.69) is 10.1 Å². The Balaban J connectivity index is 1.55. The van der Waals surface area contributed by atoms with E-state index in [4.69, 9.17) is 32.5 Å². The summed E-state index contributed by atoms with van der Waals surface area (Å²) in [4.78, 5) is 16.4. The molecule has 1 aromatic carbocycles. The maximum atomic E-state index is 12.8. The predicted octanol–water partition coefficient (Wildman–Crippen LogP) is 3.47. The molecule has 11 heteroatoms. The molecular weight excluding hydrogens is 441 g/mol. The van der Waals surface area contributed by atoms with Crippen molar-refractivity contribution >= 4 is 39.2 Å². The molecule has 0 unspecified atom stereocenters. The number of halogens is 2. The van der Waals surface area contributed by atoms with Gasteiger partial charge in [-0.25, -0.2) is 8.42 Å². The van der Waals surface area contributed by atoms with E-state index in [0.717, 1.165) is 6.42 Å². The van der Waals surface area contributed by atoms with Crippen LogP contribution in [-0.2, 0) is 32.6 Å². The van der Waals surface area contributed by atoms with Gasteiger partial charge in [-0.3, -0.25) is 4.79 Å². The van der Waals surface area contributed by atoms with Crippen LogP contribution in [0.25, 0.3) is 0 Å². The second kappa shape index (κ2) is 9.42. The van der Waals surface area contributed by atoms with E-state index in [1.54, 1.807) is 0 Å². The van der Waals surface area contributed by atoms with Gasteiger partial charge in [-0.15, -0.1) is 0 Å². The number of ether oxygens (including phenoxy) is 1. The molecule has 0 N–H and O–H groups in total. The van der Waals surface area contributed by atoms with Gasteiger partial charge in [0, 0.05) is 24.5 Å². The van der Waals surface area contributed by atoms with Gasteiger partial charge in [0.25, 0.3) is 5.89 Å². The normalized spacial score (nSPS) is 16.1. The van der Waals surface area contributed by atoms with Gasteiger partial charge in [0.15, 0.2) is 12.4 Å². The molecule has 1 fully saturated rings. The van der Waals surface area contributed by atoms with Crippen LogP contribution in [0.1, 0.15) is 37.9 Å². The summed E-state index contributed by atoms with van der Waals surface area (Å²) in [5.74, 6) is 0.0292. The van der Waals surface area contributed by atoms with E-state index in [1.165, 1.54) is 22.5 Å². The van der Waals surface area contributed by atoms with Gasteiger partial charge in [-0.1, -0.05) is 35.3 Å². The van der Waals surface area contributed by atoms with Crippen LogP contribution in [0.5, 0.6) is 0 Å². The highest BCUT2D eigenvalue weighted by molar-refractivity contribution is 7.89. The Bertz CT molecular complexity index is 972. The molecule has 158 valence electrons. The highest BCUT2D eigenvalue weighted by Gasteiger charge is 2.34. The average Bonchev–Trinajstić information content (AvgIpc) is 3.16. The molecule has 0 spiro atoms. The van der Waals surface area contributed by atoms with Crippen LogP contribution in [0.2, 0.25) is 10.0 Å². The summed E-state index contributed by atoms with van der Waals surface area (Å²) < 4.78 is 37.3. The van der Waals surface area contributed by atoms with Gasteiger partial charge in [-0.2, -0.15) is 9.29 Å². The summed E-state index contributed by atoms with van der Waals surface area (Å²) in [6.07, 6.45) is 2.28. The van der Waals surface area contributed by atoms with Crippen LogP contribution in [0, 0.1) is 5.92 Å². The minimum Gasteiger partial charge on any atom is -0.455 e. The molecule has 8 nitrogen and oxygen atoms in total. The van der Waals surface area contributed by atoms with Crippen molar-refractivity contribution < 1.29 is 22.5 Å². The summed E-state index contributed by atoms with van der Waals surface area (Å²) in [5.41, 5.74) is 0. The van der Waals surface area contributed by atoms with E-state index in [9.17, 15) is 13.2 Å². The lowest BCUT2D eigenvalue weighted by atomic mass is 9.98. The fourth-order valence-electron chi connectivity index (χ4n) is 3.07. The van der Waals surface area contributed by atoms with Crippen molar-refractivity contribution in [1.82, 2.24) is 14.4 Å². The zero-order chi connectivity index (χ0) is 21.0. The fourth-order valence-corrected chi connectivity index (χ4v) is 5.28. The molecule has 3 rings (SSSR count). The molecule has 0 radical (unpaired) electrons. The third-order valence-corrected chi connectivity index (χ3v) is 7.24. The van der Waals surface area contributed by atoms with Gasteiger partial charge in [0.1, 0.15) is 4.90 Å². The third-order valence-electron chi connectivity index (χ3n) is 4.62. The maximum absolute atomic E-state index is 12.8. The minimum absolute atomic E-state index is 0.0352. The first-order valence-corrected chi connectivity index (χ1v) is 11.4. The van der Waals surface area contributed by atoms with Crippen LogP contribution in [0.3, 0.4) is 0 Å². The van der Waals surface area contributed by atoms with E-state index in [-0.39, 0.29) is 40.5 Å². The Labute approximate surface area is 179 Å². The Morgan fingerprint density at radius 1 is 1.31 bits per heavy atom. The molecule has 0 atom stereocenters. The predicted molar refractivity (Wildman–Crippen MR) is 106 cm³/mol. The summed E-state index contributed by atoms with van der Waals surface area (Å²) >= 11 is 12.0. The lowest BCUT2D eigenvalue weighted by Gasteiger charge is -2.30. The molecule has 1 saturated heterocycles. The SMILES string of the molecule is CCCc1noc(COC(=O)C2CCN(S(=O)(=O)c3cc(Cl)ccc3Cl)CC2)n1. The molecule has 0 bridgehead atoms. The van der Waals surface area contributed by atoms with Crippen LogP contribution in [-0.4, -0.2) is 41.9 Å². The number of aromatic nitrogens is 2. The number of esters is 1.